The molecule has 30 heavy (non-hydrogen) atoms. The molecular formula is C22H28N2O5S. The highest BCUT2D eigenvalue weighted by Gasteiger charge is 2.24. The minimum atomic E-state index is -0.507. The molecule has 1 fully saturated rings. The van der Waals surface area contributed by atoms with Crippen molar-refractivity contribution in [3.63, 3.8) is 0 Å². The molecule has 2 unspecified atom stereocenters. The minimum absolute atomic E-state index is 0.0988. The van der Waals surface area contributed by atoms with Crippen molar-refractivity contribution in [2.75, 3.05) is 26.6 Å². The molecule has 3 rings (SSSR count). The molecule has 7 nitrogen and oxygen atoms in total. The summed E-state index contributed by atoms with van der Waals surface area (Å²) in [6.07, 6.45) is 3.22. The van der Waals surface area contributed by atoms with Crippen molar-refractivity contribution in [3.8, 4) is 17.2 Å². The summed E-state index contributed by atoms with van der Waals surface area (Å²) in [4.78, 5) is 13.7. The fourth-order valence-corrected chi connectivity index (χ4v) is 4.57. The summed E-state index contributed by atoms with van der Waals surface area (Å²) in [5.74, 6) is 1.16. The Morgan fingerprint density at radius 2 is 1.70 bits per heavy atom. The van der Waals surface area contributed by atoms with E-state index in [1.54, 1.807) is 27.4 Å². The van der Waals surface area contributed by atoms with E-state index in [-0.39, 0.29) is 6.04 Å². The van der Waals surface area contributed by atoms with Gasteiger partial charge in [0, 0.05) is 15.5 Å². The Morgan fingerprint density at radius 1 is 1.03 bits per heavy atom. The number of nitrogens with two attached hydrogens (primary N) is 1. The van der Waals surface area contributed by atoms with E-state index in [4.69, 9.17) is 19.9 Å². The van der Waals surface area contributed by atoms with E-state index in [2.05, 4.69) is 5.32 Å². The minimum Gasteiger partial charge on any atom is -0.493 e. The Morgan fingerprint density at radius 3 is 2.27 bits per heavy atom. The first kappa shape index (κ1) is 22.1. The lowest BCUT2D eigenvalue weighted by atomic mass is 9.92. The van der Waals surface area contributed by atoms with Crippen molar-refractivity contribution in [2.45, 2.75) is 47.6 Å². The van der Waals surface area contributed by atoms with E-state index in [1.165, 1.54) is 11.8 Å². The van der Waals surface area contributed by atoms with Crippen LogP contribution in [0.25, 0.3) is 0 Å². The lowest BCUT2D eigenvalue weighted by molar-refractivity contribution is 0.0999. The molecule has 1 aliphatic rings. The number of carbonyl (C=O) groups excluding carboxylic acids is 1. The first-order chi connectivity index (χ1) is 14.5. The fourth-order valence-electron chi connectivity index (χ4n) is 3.65. The zero-order valence-electron chi connectivity index (χ0n) is 17.4. The normalized spacial score (nSPS) is 18.5. The number of anilines is 1. The summed E-state index contributed by atoms with van der Waals surface area (Å²) >= 11 is 1.49. The van der Waals surface area contributed by atoms with Crippen molar-refractivity contribution >= 4 is 23.4 Å². The second kappa shape index (κ2) is 9.95. The maximum atomic E-state index is 11.9. The number of nitrogens with one attached hydrogen (secondary N) is 1. The molecule has 0 bridgehead atoms. The summed E-state index contributed by atoms with van der Waals surface area (Å²) in [6, 6.07) is 9.07. The number of amides is 1. The number of aliphatic hydroxyl groups is 1. The van der Waals surface area contributed by atoms with Crippen LogP contribution in [0, 0.1) is 0 Å². The number of primary amides is 1. The topological polar surface area (TPSA) is 103 Å². The molecule has 0 radical (unpaired) electrons. The van der Waals surface area contributed by atoms with Crippen molar-refractivity contribution in [1.82, 2.24) is 0 Å². The van der Waals surface area contributed by atoms with Gasteiger partial charge in [-0.15, -0.1) is 0 Å². The smallest absolute Gasteiger partial charge is 0.250 e. The van der Waals surface area contributed by atoms with Gasteiger partial charge in [0.25, 0.3) is 5.91 Å². The molecule has 0 spiro atoms. The van der Waals surface area contributed by atoms with Crippen LogP contribution in [0.1, 0.15) is 36.0 Å². The average Bonchev–Trinajstić information content (AvgIpc) is 2.74. The maximum absolute atomic E-state index is 11.9. The highest BCUT2D eigenvalue weighted by Crippen LogP contribution is 2.43. The summed E-state index contributed by atoms with van der Waals surface area (Å²) < 4.78 is 16.2. The maximum Gasteiger partial charge on any atom is 0.250 e. The zero-order chi connectivity index (χ0) is 21.7. The van der Waals surface area contributed by atoms with Crippen LogP contribution in [0.4, 0.5) is 5.69 Å². The van der Waals surface area contributed by atoms with Gasteiger partial charge in [-0.25, -0.2) is 0 Å². The Hall–Kier alpha value is -2.58. The van der Waals surface area contributed by atoms with E-state index < -0.39 is 12.0 Å². The molecule has 0 heterocycles. The second-order valence-corrected chi connectivity index (χ2v) is 8.28. The number of ether oxygens (including phenoxy) is 3. The lowest BCUT2D eigenvalue weighted by Crippen LogP contribution is -2.36. The second-order valence-electron chi connectivity index (χ2n) is 7.14. The van der Waals surface area contributed by atoms with Gasteiger partial charge < -0.3 is 30.4 Å². The van der Waals surface area contributed by atoms with Crippen molar-refractivity contribution in [2.24, 2.45) is 5.73 Å². The quantitative estimate of drug-likeness (QED) is 0.585. The molecule has 1 aliphatic carbocycles. The third-order valence-electron chi connectivity index (χ3n) is 5.20. The number of hydrogen-bond acceptors (Lipinski definition) is 7. The van der Waals surface area contributed by atoms with Gasteiger partial charge in [-0.05, 0) is 43.2 Å². The third kappa shape index (κ3) is 4.94. The van der Waals surface area contributed by atoms with E-state index in [1.807, 2.05) is 24.3 Å². The first-order valence-corrected chi connectivity index (χ1v) is 10.6. The van der Waals surface area contributed by atoms with Gasteiger partial charge in [-0.3, -0.25) is 4.79 Å². The fraction of sp³-hybridized carbons (Fsp3) is 0.409. The van der Waals surface area contributed by atoms with E-state index in [9.17, 15) is 9.90 Å². The van der Waals surface area contributed by atoms with Gasteiger partial charge in [0.05, 0.1) is 39.0 Å². The van der Waals surface area contributed by atoms with E-state index in [0.29, 0.717) is 28.5 Å². The average molecular weight is 433 g/mol. The van der Waals surface area contributed by atoms with Gasteiger partial charge in [0.15, 0.2) is 11.5 Å². The Bertz CT molecular complexity index is 880. The van der Waals surface area contributed by atoms with Gasteiger partial charge in [0.2, 0.25) is 5.75 Å². The standard InChI is InChI=1S/C22H28N2O5S/c1-27-19-11-14(12-20(28-2)21(19)29-3)30-13-8-9-15(22(23)26)17(10-13)24-16-6-4-5-7-18(16)25/h8-12,16,18,24-25H,4-7H2,1-3H3,(H2,23,26). The van der Waals surface area contributed by atoms with E-state index in [0.717, 1.165) is 35.5 Å². The molecule has 0 aliphatic heterocycles. The number of benzene rings is 2. The van der Waals surface area contributed by atoms with Crippen LogP contribution < -0.4 is 25.3 Å². The molecule has 1 saturated carbocycles. The van der Waals surface area contributed by atoms with Crippen molar-refractivity contribution in [1.29, 1.82) is 0 Å². The number of methoxy groups -OCH3 is 3. The molecule has 2 atom stereocenters. The van der Waals surface area contributed by atoms with Crippen LogP contribution in [0.15, 0.2) is 40.1 Å². The van der Waals surface area contributed by atoms with Crippen LogP contribution in [-0.2, 0) is 0 Å². The molecule has 0 aromatic heterocycles. The number of carbonyl (C=O) groups is 1. The molecule has 162 valence electrons. The Balaban J connectivity index is 1.90. The molecule has 8 heteroatoms. The molecule has 2 aromatic rings. The summed E-state index contributed by atoms with van der Waals surface area (Å²) in [6.45, 7) is 0. The molecule has 0 saturated heterocycles. The van der Waals surface area contributed by atoms with Gasteiger partial charge in [-0.1, -0.05) is 24.6 Å². The predicted molar refractivity (Wildman–Crippen MR) is 117 cm³/mol. The monoisotopic (exact) mass is 432 g/mol. The van der Waals surface area contributed by atoms with Crippen LogP contribution in [0.5, 0.6) is 17.2 Å². The molecule has 2 aromatic carbocycles. The third-order valence-corrected chi connectivity index (χ3v) is 6.16. The van der Waals surface area contributed by atoms with E-state index >= 15 is 0 Å². The largest absolute Gasteiger partial charge is 0.493 e. The summed E-state index contributed by atoms with van der Waals surface area (Å²) in [7, 11) is 4.71. The van der Waals surface area contributed by atoms with Gasteiger partial charge in [-0.2, -0.15) is 0 Å². The zero-order valence-corrected chi connectivity index (χ0v) is 18.3. The molecule has 1 amide bonds. The highest BCUT2D eigenvalue weighted by atomic mass is 32.2. The first-order valence-electron chi connectivity index (χ1n) is 9.83. The number of aliphatic hydroxyl groups excluding tert-OH is 1. The summed E-state index contributed by atoms with van der Waals surface area (Å²) in [5.41, 5.74) is 6.60. The van der Waals surface area contributed by atoms with Crippen LogP contribution in [0.3, 0.4) is 0 Å². The van der Waals surface area contributed by atoms with Crippen LogP contribution in [-0.4, -0.2) is 44.5 Å². The molecular weight excluding hydrogens is 404 g/mol. The van der Waals surface area contributed by atoms with Crippen molar-refractivity contribution < 1.29 is 24.1 Å². The Kier molecular flexibility index (Phi) is 7.33. The van der Waals surface area contributed by atoms with Gasteiger partial charge in [0.1, 0.15) is 0 Å². The van der Waals surface area contributed by atoms with Crippen LogP contribution in [0.2, 0.25) is 0 Å². The lowest BCUT2D eigenvalue weighted by Gasteiger charge is -2.30. The van der Waals surface area contributed by atoms with Crippen molar-refractivity contribution in [3.05, 3.63) is 35.9 Å². The van der Waals surface area contributed by atoms with Crippen LogP contribution >= 0.6 is 11.8 Å². The summed E-state index contributed by atoms with van der Waals surface area (Å²) in [5, 5.41) is 13.6. The van der Waals surface area contributed by atoms with Gasteiger partial charge >= 0.3 is 0 Å². The predicted octanol–water partition coefficient (Wildman–Crippen LogP) is 3.68. The number of rotatable bonds is 8. The Labute approximate surface area is 180 Å². The number of hydrogen-bond donors (Lipinski definition) is 3. The molecule has 4 N–H and O–H groups in total. The SMILES string of the molecule is COc1cc(Sc2ccc(C(N)=O)c(NC3CCCCC3O)c2)cc(OC)c1OC. The highest BCUT2D eigenvalue weighted by molar-refractivity contribution is 7.99.